The van der Waals surface area contributed by atoms with Crippen LogP contribution < -0.4 is 5.32 Å². The fraction of sp³-hybridized carbons (Fsp3) is 0.462. The van der Waals surface area contributed by atoms with E-state index in [0.29, 0.717) is 6.54 Å². The first kappa shape index (κ1) is 23.0. The Hall–Kier alpha value is -3.22. The summed E-state index contributed by atoms with van der Waals surface area (Å²) in [4.78, 5) is 45.4. The number of nitrogens with one attached hydrogen (secondary N) is 1. The number of amides is 4. The molecule has 1 aromatic heterocycles. The molecule has 1 atom stereocenters. The summed E-state index contributed by atoms with van der Waals surface area (Å²) in [6, 6.07) is 12.2. The number of hydrogen-bond donors (Lipinski definition) is 1. The summed E-state index contributed by atoms with van der Waals surface area (Å²) in [5, 5.41) is 2.66. The molecule has 2 aliphatic rings. The predicted octanol–water partition coefficient (Wildman–Crippen LogP) is 3.67. The van der Waals surface area contributed by atoms with Gasteiger partial charge in [-0.05, 0) is 70.2 Å². The molecule has 1 N–H and O–H groups in total. The van der Waals surface area contributed by atoms with Gasteiger partial charge in [0.15, 0.2) is 0 Å². The smallest absolute Gasteiger partial charge is 0.325 e. The van der Waals surface area contributed by atoms with E-state index < -0.39 is 11.6 Å². The van der Waals surface area contributed by atoms with Crippen molar-refractivity contribution < 1.29 is 14.4 Å². The molecule has 174 valence electrons. The van der Waals surface area contributed by atoms with E-state index in [1.54, 1.807) is 13.8 Å². The second kappa shape index (κ2) is 8.96. The van der Waals surface area contributed by atoms with Gasteiger partial charge in [-0.2, -0.15) is 0 Å². The van der Waals surface area contributed by atoms with Crippen molar-refractivity contribution in [3.63, 3.8) is 0 Å². The van der Waals surface area contributed by atoms with Crippen LogP contribution in [0.25, 0.3) is 0 Å². The van der Waals surface area contributed by atoms with Gasteiger partial charge in [-0.3, -0.25) is 19.5 Å². The van der Waals surface area contributed by atoms with Gasteiger partial charge in [-0.1, -0.05) is 29.8 Å². The highest BCUT2D eigenvalue weighted by atomic mass is 16.2. The molecule has 7 heteroatoms. The van der Waals surface area contributed by atoms with E-state index in [2.05, 4.69) is 48.6 Å². The molecule has 0 unspecified atom stereocenters. The van der Waals surface area contributed by atoms with Gasteiger partial charge in [0.2, 0.25) is 5.91 Å². The van der Waals surface area contributed by atoms with Crippen molar-refractivity contribution in [1.29, 1.82) is 0 Å². The fourth-order valence-corrected chi connectivity index (χ4v) is 4.84. The predicted molar refractivity (Wildman–Crippen MR) is 126 cm³/mol. The molecule has 0 aliphatic carbocycles. The first-order chi connectivity index (χ1) is 15.6. The van der Waals surface area contributed by atoms with Crippen molar-refractivity contribution in [2.24, 2.45) is 0 Å². The summed E-state index contributed by atoms with van der Waals surface area (Å²) in [5.74, 6) is -0.342. The normalized spacial score (nSPS) is 19.8. The zero-order valence-electron chi connectivity index (χ0n) is 19.9. The average Bonchev–Trinajstić information content (AvgIpc) is 3.29. The Labute approximate surface area is 195 Å². The number of aryl methyl sites for hydroxylation is 2. The summed E-state index contributed by atoms with van der Waals surface area (Å²) in [6.07, 6.45) is 2.71. The van der Waals surface area contributed by atoms with Gasteiger partial charge >= 0.3 is 6.03 Å². The summed E-state index contributed by atoms with van der Waals surface area (Å²) >= 11 is 0. The van der Waals surface area contributed by atoms with Crippen LogP contribution >= 0.6 is 0 Å². The molecule has 0 radical (unpaired) electrons. The molecule has 2 saturated heterocycles. The first-order valence-corrected chi connectivity index (χ1v) is 11.6. The zero-order valence-corrected chi connectivity index (χ0v) is 19.9. The Morgan fingerprint density at radius 2 is 1.94 bits per heavy atom. The molecular weight excluding hydrogens is 416 g/mol. The van der Waals surface area contributed by atoms with E-state index in [1.165, 1.54) is 16.7 Å². The van der Waals surface area contributed by atoms with E-state index in [-0.39, 0.29) is 30.8 Å². The molecule has 3 heterocycles. The topological polar surface area (TPSA) is 82.6 Å². The van der Waals surface area contributed by atoms with Gasteiger partial charge in [0.1, 0.15) is 5.54 Å². The second-order valence-corrected chi connectivity index (χ2v) is 9.71. The number of urea groups is 1. The average molecular weight is 449 g/mol. The summed E-state index contributed by atoms with van der Waals surface area (Å²) < 4.78 is 0. The number of carbonyl (C=O) groups excluding carboxylic acids is 3. The van der Waals surface area contributed by atoms with E-state index in [1.807, 2.05) is 11.8 Å². The first-order valence-electron chi connectivity index (χ1n) is 11.6. The minimum Gasteiger partial charge on any atom is -0.334 e. The lowest BCUT2D eigenvalue weighted by atomic mass is 10.0. The molecule has 33 heavy (non-hydrogen) atoms. The highest BCUT2D eigenvalue weighted by molar-refractivity contribution is 6.06. The van der Waals surface area contributed by atoms with Gasteiger partial charge in [-0.15, -0.1) is 0 Å². The lowest BCUT2D eigenvalue weighted by Crippen LogP contribution is -2.41. The van der Waals surface area contributed by atoms with E-state index in [4.69, 9.17) is 4.98 Å². The number of pyridine rings is 1. The SMILES string of the molecule is Cc1cccc(Cc2cc(C)nc([C@H]3CCCN3C(=O)CCN3C(=O)NC(C)(C)C3=O)c2)c1. The lowest BCUT2D eigenvalue weighted by molar-refractivity contribution is -0.134. The van der Waals surface area contributed by atoms with Crippen molar-refractivity contribution >= 4 is 17.8 Å². The molecule has 0 spiro atoms. The number of rotatable bonds is 6. The molecule has 7 nitrogen and oxygen atoms in total. The Morgan fingerprint density at radius 1 is 1.15 bits per heavy atom. The molecule has 4 amide bonds. The van der Waals surface area contributed by atoms with Crippen LogP contribution in [0.2, 0.25) is 0 Å². The van der Waals surface area contributed by atoms with Crippen molar-refractivity contribution in [3.8, 4) is 0 Å². The number of nitrogens with zero attached hydrogens (tertiary/aromatic N) is 3. The number of benzene rings is 1. The number of carbonyl (C=O) groups is 3. The van der Waals surface area contributed by atoms with E-state index in [0.717, 1.165) is 35.6 Å². The van der Waals surface area contributed by atoms with Crippen LogP contribution in [0.3, 0.4) is 0 Å². The van der Waals surface area contributed by atoms with Crippen LogP contribution in [0.15, 0.2) is 36.4 Å². The van der Waals surface area contributed by atoms with Gasteiger partial charge in [0.05, 0.1) is 11.7 Å². The molecular formula is C26H32N4O3. The third-order valence-corrected chi connectivity index (χ3v) is 6.43. The van der Waals surface area contributed by atoms with Crippen LogP contribution in [0.5, 0.6) is 0 Å². The van der Waals surface area contributed by atoms with Crippen LogP contribution in [0, 0.1) is 13.8 Å². The lowest BCUT2D eigenvalue weighted by Gasteiger charge is -2.26. The maximum absolute atomic E-state index is 13.1. The number of aromatic nitrogens is 1. The second-order valence-electron chi connectivity index (χ2n) is 9.71. The van der Waals surface area contributed by atoms with Crippen molar-refractivity contribution in [3.05, 3.63) is 64.5 Å². The maximum atomic E-state index is 13.1. The van der Waals surface area contributed by atoms with Crippen LogP contribution in [0.4, 0.5) is 4.79 Å². The zero-order chi connectivity index (χ0) is 23.8. The molecule has 0 bridgehead atoms. The quantitative estimate of drug-likeness (QED) is 0.684. The van der Waals surface area contributed by atoms with Gasteiger partial charge in [0, 0.05) is 25.2 Å². The fourth-order valence-electron chi connectivity index (χ4n) is 4.84. The van der Waals surface area contributed by atoms with Crippen molar-refractivity contribution in [2.75, 3.05) is 13.1 Å². The molecule has 2 aliphatic heterocycles. The molecule has 4 rings (SSSR count). The summed E-state index contributed by atoms with van der Waals surface area (Å²) in [7, 11) is 0. The molecule has 0 saturated carbocycles. The Balaban J connectivity index is 1.46. The van der Waals surface area contributed by atoms with Crippen LogP contribution in [-0.4, -0.2) is 51.3 Å². The highest BCUT2D eigenvalue weighted by Crippen LogP contribution is 2.32. The monoisotopic (exact) mass is 448 g/mol. The third-order valence-electron chi connectivity index (χ3n) is 6.43. The highest BCUT2D eigenvalue weighted by Gasteiger charge is 2.44. The number of hydrogen-bond acceptors (Lipinski definition) is 4. The Bertz CT molecular complexity index is 1090. The van der Waals surface area contributed by atoms with Crippen LogP contribution in [0.1, 0.15) is 67.2 Å². The maximum Gasteiger partial charge on any atom is 0.325 e. The third kappa shape index (κ3) is 4.92. The number of imide groups is 1. The van der Waals surface area contributed by atoms with E-state index >= 15 is 0 Å². The minimum absolute atomic E-state index is 0.0497. The largest absolute Gasteiger partial charge is 0.334 e. The van der Waals surface area contributed by atoms with Gasteiger partial charge in [-0.25, -0.2) is 4.79 Å². The standard InChI is InChI=1S/C26H32N4O3/c1-17-7-5-8-19(13-17)15-20-14-18(2)27-21(16-20)22-9-6-11-29(22)23(31)10-12-30-24(32)26(3,4)28-25(30)33/h5,7-8,13-14,16,22H,6,9-12,15H2,1-4H3,(H,28,33)/t22-/m1/s1. The van der Waals surface area contributed by atoms with Gasteiger partial charge in [0.25, 0.3) is 5.91 Å². The summed E-state index contributed by atoms with van der Waals surface area (Å²) in [6.45, 7) is 8.18. The molecule has 1 aromatic carbocycles. The van der Waals surface area contributed by atoms with Crippen LogP contribution in [-0.2, 0) is 16.0 Å². The number of likely N-dealkylation sites (tertiary alicyclic amines) is 1. The molecule has 2 fully saturated rings. The summed E-state index contributed by atoms with van der Waals surface area (Å²) in [5.41, 5.74) is 4.61. The Kier molecular flexibility index (Phi) is 6.23. The van der Waals surface area contributed by atoms with Crippen molar-refractivity contribution in [1.82, 2.24) is 20.1 Å². The van der Waals surface area contributed by atoms with E-state index in [9.17, 15) is 14.4 Å². The molecule has 2 aromatic rings. The minimum atomic E-state index is -0.921. The Morgan fingerprint density at radius 3 is 2.64 bits per heavy atom. The van der Waals surface area contributed by atoms with Gasteiger partial charge < -0.3 is 10.2 Å². The van der Waals surface area contributed by atoms with Crippen molar-refractivity contribution in [2.45, 2.75) is 65.0 Å².